The second-order valence-corrected chi connectivity index (χ2v) is 6.48. The third-order valence-corrected chi connectivity index (χ3v) is 4.13. The number of likely N-dealkylation sites (tertiary alicyclic amines) is 1. The van der Waals surface area contributed by atoms with Crippen LogP contribution in [0.15, 0.2) is 24.3 Å². The maximum absolute atomic E-state index is 12.3. The van der Waals surface area contributed by atoms with Crippen molar-refractivity contribution in [1.29, 1.82) is 0 Å². The van der Waals surface area contributed by atoms with E-state index in [1.165, 1.54) is 5.56 Å². The molecule has 0 spiro atoms. The zero-order chi connectivity index (χ0) is 16.1. The molecule has 0 unspecified atom stereocenters. The highest BCUT2D eigenvalue weighted by molar-refractivity contribution is 5.81. The van der Waals surface area contributed by atoms with Crippen LogP contribution < -0.4 is 5.32 Å². The molecule has 4 nitrogen and oxygen atoms in total. The number of aryl methyl sites for hydroxylation is 1. The van der Waals surface area contributed by atoms with E-state index in [2.05, 4.69) is 5.32 Å². The van der Waals surface area contributed by atoms with Crippen LogP contribution >= 0.6 is 0 Å². The summed E-state index contributed by atoms with van der Waals surface area (Å²) in [5, 5.41) is 2.96. The number of rotatable bonds is 4. The van der Waals surface area contributed by atoms with E-state index in [9.17, 15) is 9.59 Å². The summed E-state index contributed by atoms with van der Waals surface area (Å²) in [6.07, 6.45) is 1.97. The SMILES string of the molecule is Cc1ccc(CC(=O)N2CCC(C(=O)NC(C)C)CC2)cc1. The van der Waals surface area contributed by atoms with E-state index in [0.717, 1.165) is 18.4 Å². The molecule has 22 heavy (non-hydrogen) atoms. The molecule has 1 N–H and O–H groups in total. The number of hydrogen-bond acceptors (Lipinski definition) is 2. The van der Waals surface area contributed by atoms with Crippen molar-refractivity contribution in [1.82, 2.24) is 10.2 Å². The molecule has 0 bridgehead atoms. The summed E-state index contributed by atoms with van der Waals surface area (Å²) in [6, 6.07) is 8.26. The molecule has 1 saturated heterocycles. The molecule has 2 rings (SSSR count). The zero-order valence-corrected chi connectivity index (χ0v) is 13.8. The lowest BCUT2D eigenvalue weighted by molar-refractivity contribution is -0.135. The summed E-state index contributed by atoms with van der Waals surface area (Å²) in [5.74, 6) is 0.332. The minimum Gasteiger partial charge on any atom is -0.354 e. The molecular formula is C18H26N2O2. The Kier molecular flexibility index (Phi) is 5.58. The van der Waals surface area contributed by atoms with Crippen LogP contribution in [0.5, 0.6) is 0 Å². The van der Waals surface area contributed by atoms with Crippen LogP contribution in [0, 0.1) is 12.8 Å². The molecule has 1 aromatic carbocycles. The number of nitrogens with one attached hydrogen (secondary N) is 1. The molecule has 0 aromatic heterocycles. The van der Waals surface area contributed by atoms with Gasteiger partial charge in [0.2, 0.25) is 11.8 Å². The Morgan fingerprint density at radius 1 is 1.18 bits per heavy atom. The van der Waals surface area contributed by atoms with Gasteiger partial charge >= 0.3 is 0 Å². The Hall–Kier alpha value is -1.84. The number of piperidine rings is 1. The molecule has 1 aliphatic rings. The van der Waals surface area contributed by atoms with Crippen molar-refractivity contribution in [2.75, 3.05) is 13.1 Å². The van der Waals surface area contributed by atoms with Crippen LogP contribution in [0.4, 0.5) is 0 Å². The van der Waals surface area contributed by atoms with Crippen LogP contribution in [0.25, 0.3) is 0 Å². The predicted octanol–water partition coefficient (Wildman–Crippen LogP) is 2.30. The Bertz CT molecular complexity index is 514. The fourth-order valence-corrected chi connectivity index (χ4v) is 2.79. The van der Waals surface area contributed by atoms with Crippen LogP contribution in [-0.2, 0) is 16.0 Å². The second kappa shape index (κ2) is 7.43. The average Bonchev–Trinajstić information content (AvgIpc) is 2.49. The normalized spacial score (nSPS) is 15.9. The van der Waals surface area contributed by atoms with E-state index in [-0.39, 0.29) is 23.8 Å². The van der Waals surface area contributed by atoms with Gasteiger partial charge in [0.05, 0.1) is 6.42 Å². The first kappa shape index (κ1) is 16.5. The predicted molar refractivity (Wildman–Crippen MR) is 87.5 cm³/mol. The van der Waals surface area contributed by atoms with Crippen molar-refractivity contribution in [2.45, 2.75) is 46.1 Å². The molecule has 1 aromatic rings. The molecule has 0 saturated carbocycles. The van der Waals surface area contributed by atoms with Gasteiger partial charge in [0.25, 0.3) is 0 Å². The van der Waals surface area contributed by atoms with Gasteiger partial charge in [-0.3, -0.25) is 9.59 Å². The topological polar surface area (TPSA) is 49.4 Å². The lowest BCUT2D eigenvalue weighted by atomic mass is 9.95. The number of nitrogens with zero attached hydrogens (tertiary/aromatic N) is 1. The van der Waals surface area contributed by atoms with Crippen LogP contribution in [0.2, 0.25) is 0 Å². The summed E-state index contributed by atoms with van der Waals surface area (Å²) >= 11 is 0. The van der Waals surface area contributed by atoms with Crippen molar-refractivity contribution in [3.63, 3.8) is 0 Å². The smallest absolute Gasteiger partial charge is 0.226 e. The van der Waals surface area contributed by atoms with Crippen LogP contribution in [0.1, 0.15) is 37.8 Å². The molecule has 0 atom stereocenters. The fraction of sp³-hybridized carbons (Fsp3) is 0.556. The Labute approximate surface area is 132 Å². The van der Waals surface area contributed by atoms with Crippen LogP contribution in [-0.4, -0.2) is 35.8 Å². The zero-order valence-electron chi connectivity index (χ0n) is 13.8. The first-order valence-electron chi connectivity index (χ1n) is 8.09. The molecule has 1 heterocycles. The summed E-state index contributed by atoms with van der Waals surface area (Å²) in [6.45, 7) is 7.34. The van der Waals surface area contributed by atoms with Gasteiger partial charge in [-0.05, 0) is 39.2 Å². The Morgan fingerprint density at radius 2 is 1.77 bits per heavy atom. The van der Waals surface area contributed by atoms with Gasteiger partial charge in [0.15, 0.2) is 0 Å². The quantitative estimate of drug-likeness (QED) is 0.928. The van der Waals surface area contributed by atoms with Gasteiger partial charge in [0, 0.05) is 25.0 Å². The van der Waals surface area contributed by atoms with Crippen LogP contribution in [0.3, 0.4) is 0 Å². The van der Waals surface area contributed by atoms with Gasteiger partial charge in [-0.15, -0.1) is 0 Å². The van der Waals surface area contributed by atoms with E-state index in [0.29, 0.717) is 19.5 Å². The number of carbonyl (C=O) groups excluding carboxylic acids is 2. The van der Waals surface area contributed by atoms with E-state index >= 15 is 0 Å². The third kappa shape index (κ3) is 4.58. The lowest BCUT2D eigenvalue weighted by Crippen LogP contribution is -2.44. The second-order valence-electron chi connectivity index (χ2n) is 6.48. The number of carbonyl (C=O) groups is 2. The van der Waals surface area contributed by atoms with Crippen molar-refractivity contribution in [2.24, 2.45) is 5.92 Å². The molecule has 0 radical (unpaired) electrons. The molecular weight excluding hydrogens is 276 g/mol. The van der Waals surface area contributed by atoms with Crippen molar-refractivity contribution < 1.29 is 9.59 Å². The first-order valence-corrected chi connectivity index (χ1v) is 8.09. The van der Waals surface area contributed by atoms with Crippen molar-refractivity contribution >= 4 is 11.8 Å². The largest absolute Gasteiger partial charge is 0.354 e. The Morgan fingerprint density at radius 3 is 2.32 bits per heavy atom. The summed E-state index contributed by atoms with van der Waals surface area (Å²) in [4.78, 5) is 26.2. The Balaban J connectivity index is 1.82. The first-order chi connectivity index (χ1) is 10.5. The molecule has 1 aliphatic heterocycles. The van der Waals surface area contributed by atoms with Gasteiger partial charge in [-0.2, -0.15) is 0 Å². The van der Waals surface area contributed by atoms with Gasteiger partial charge in [-0.1, -0.05) is 29.8 Å². The third-order valence-electron chi connectivity index (χ3n) is 4.13. The monoisotopic (exact) mass is 302 g/mol. The highest BCUT2D eigenvalue weighted by Gasteiger charge is 2.27. The maximum atomic E-state index is 12.3. The maximum Gasteiger partial charge on any atom is 0.226 e. The molecule has 2 amide bonds. The molecule has 0 aliphatic carbocycles. The summed E-state index contributed by atoms with van der Waals surface area (Å²) in [5.41, 5.74) is 2.25. The highest BCUT2D eigenvalue weighted by atomic mass is 16.2. The number of amides is 2. The fourth-order valence-electron chi connectivity index (χ4n) is 2.79. The summed E-state index contributed by atoms with van der Waals surface area (Å²) in [7, 11) is 0. The average molecular weight is 302 g/mol. The van der Waals surface area contributed by atoms with E-state index < -0.39 is 0 Å². The van der Waals surface area contributed by atoms with Crippen molar-refractivity contribution in [3.8, 4) is 0 Å². The van der Waals surface area contributed by atoms with E-state index in [4.69, 9.17) is 0 Å². The molecule has 120 valence electrons. The van der Waals surface area contributed by atoms with Gasteiger partial charge in [-0.25, -0.2) is 0 Å². The summed E-state index contributed by atoms with van der Waals surface area (Å²) < 4.78 is 0. The lowest BCUT2D eigenvalue weighted by Gasteiger charge is -2.31. The minimum absolute atomic E-state index is 0.0471. The standard InChI is InChI=1S/C18H26N2O2/c1-13(2)19-18(22)16-8-10-20(11-9-16)17(21)12-15-6-4-14(3)5-7-15/h4-7,13,16H,8-12H2,1-3H3,(H,19,22). The van der Waals surface area contributed by atoms with E-state index in [1.54, 1.807) is 0 Å². The highest BCUT2D eigenvalue weighted by Crippen LogP contribution is 2.18. The molecule has 4 heteroatoms. The van der Waals surface area contributed by atoms with Crippen molar-refractivity contribution in [3.05, 3.63) is 35.4 Å². The van der Waals surface area contributed by atoms with Gasteiger partial charge < -0.3 is 10.2 Å². The van der Waals surface area contributed by atoms with E-state index in [1.807, 2.05) is 49.9 Å². The number of benzene rings is 1. The molecule has 1 fully saturated rings. The van der Waals surface area contributed by atoms with Gasteiger partial charge in [0.1, 0.15) is 0 Å². The number of hydrogen-bond donors (Lipinski definition) is 1. The minimum atomic E-state index is 0.0471.